The van der Waals surface area contributed by atoms with Gasteiger partial charge in [0.25, 0.3) is 0 Å². The van der Waals surface area contributed by atoms with E-state index in [-0.39, 0.29) is 5.76 Å². The molecule has 0 atom stereocenters. The van der Waals surface area contributed by atoms with Gasteiger partial charge in [-0.25, -0.2) is 9.59 Å². The average Bonchev–Trinajstić information content (AvgIpc) is 2.21. The van der Waals surface area contributed by atoms with Gasteiger partial charge in [0.2, 0.25) is 0 Å². The topological polar surface area (TPSA) is 72.8 Å². The molecule has 0 aromatic heterocycles. The van der Waals surface area contributed by atoms with Crippen LogP contribution in [-0.2, 0) is 19.1 Å². The summed E-state index contributed by atoms with van der Waals surface area (Å²) in [4.78, 5) is 22.0. The molecule has 1 N–H and O–H groups in total. The predicted octanol–water partition coefficient (Wildman–Crippen LogP) is 0.307. The third kappa shape index (κ3) is 1.37. The van der Waals surface area contributed by atoms with Crippen LogP contribution in [-0.4, -0.2) is 29.8 Å². The molecule has 0 bridgehead atoms. The molecule has 0 unspecified atom stereocenters. The zero-order chi connectivity index (χ0) is 10.2. The third-order valence-corrected chi connectivity index (χ3v) is 1.75. The predicted molar refractivity (Wildman–Crippen MR) is 41.8 cm³/mol. The highest BCUT2D eigenvalue weighted by Gasteiger charge is 2.44. The van der Waals surface area contributed by atoms with Crippen molar-refractivity contribution < 1.29 is 24.2 Å². The minimum absolute atomic E-state index is 0.385. The maximum Gasteiger partial charge on any atom is 0.350 e. The van der Waals surface area contributed by atoms with E-state index < -0.39 is 23.1 Å². The minimum atomic E-state index is -1.14. The Bertz CT molecular complexity index is 300. The Labute approximate surface area is 74.9 Å². The molecule has 0 radical (unpaired) electrons. The number of hydrogen-bond donors (Lipinski definition) is 1. The molecule has 0 saturated heterocycles. The second-order valence-electron chi connectivity index (χ2n) is 3.12. The quantitative estimate of drug-likeness (QED) is 0.471. The Morgan fingerprint density at radius 2 is 2.08 bits per heavy atom. The monoisotopic (exact) mass is 186 g/mol. The van der Waals surface area contributed by atoms with E-state index in [1.165, 1.54) is 13.8 Å². The lowest BCUT2D eigenvalue weighted by molar-refractivity contribution is -0.148. The smallest absolute Gasteiger partial charge is 0.350 e. The maximum atomic E-state index is 11.1. The van der Waals surface area contributed by atoms with E-state index in [0.29, 0.717) is 0 Å². The number of aliphatic hydroxyl groups is 1. The van der Waals surface area contributed by atoms with Crippen LogP contribution in [0.1, 0.15) is 13.8 Å². The first kappa shape index (κ1) is 9.57. The Kier molecular flexibility index (Phi) is 2.03. The number of esters is 2. The van der Waals surface area contributed by atoms with Crippen molar-refractivity contribution in [2.24, 2.45) is 0 Å². The van der Waals surface area contributed by atoms with Crippen LogP contribution in [0.2, 0.25) is 0 Å². The number of carbonyl (C=O) groups is 2. The Hall–Kier alpha value is -1.52. The summed E-state index contributed by atoms with van der Waals surface area (Å²) in [5.41, 5.74) is -1.56. The fourth-order valence-electron chi connectivity index (χ4n) is 1.01. The van der Waals surface area contributed by atoms with Crippen LogP contribution < -0.4 is 0 Å². The highest BCUT2D eigenvalue weighted by molar-refractivity contribution is 6.16. The van der Waals surface area contributed by atoms with Crippen molar-refractivity contribution >= 4 is 11.9 Å². The lowest BCUT2D eigenvalue weighted by Crippen LogP contribution is -2.22. The van der Waals surface area contributed by atoms with Gasteiger partial charge in [-0.2, -0.15) is 0 Å². The minimum Gasteiger partial charge on any atom is -0.507 e. The molecule has 5 nitrogen and oxygen atoms in total. The Morgan fingerprint density at radius 1 is 1.54 bits per heavy atom. The summed E-state index contributed by atoms with van der Waals surface area (Å²) in [6.45, 7) is 2.96. The summed E-state index contributed by atoms with van der Waals surface area (Å²) >= 11 is 0. The van der Waals surface area contributed by atoms with Gasteiger partial charge in [-0.1, -0.05) is 0 Å². The van der Waals surface area contributed by atoms with Gasteiger partial charge in [0.05, 0.1) is 7.11 Å². The van der Waals surface area contributed by atoms with Crippen molar-refractivity contribution in [1.82, 2.24) is 0 Å². The summed E-state index contributed by atoms with van der Waals surface area (Å²) in [5.74, 6) is -2.12. The van der Waals surface area contributed by atoms with E-state index in [4.69, 9.17) is 4.74 Å². The zero-order valence-electron chi connectivity index (χ0n) is 7.58. The molecule has 0 aliphatic carbocycles. The van der Waals surface area contributed by atoms with E-state index in [0.717, 1.165) is 7.11 Å². The first-order valence-corrected chi connectivity index (χ1v) is 3.65. The number of ether oxygens (including phenoxy) is 2. The van der Waals surface area contributed by atoms with Crippen molar-refractivity contribution in [1.29, 1.82) is 0 Å². The van der Waals surface area contributed by atoms with Crippen molar-refractivity contribution in [3.8, 4) is 0 Å². The van der Waals surface area contributed by atoms with Gasteiger partial charge in [-0.05, 0) is 13.8 Å². The molecule has 0 aromatic carbocycles. The molecular formula is C8H10O5. The first-order chi connectivity index (χ1) is 5.90. The highest BCUT2D eigenvalue weighted by atomic mass is 16.6. The molecule has 13 heavy (non-hydrogen) atoms. The molecule has 0 amide bonds. The van der Waals surface area contributed by atoms with Crippen LogP contribution in [0.4, 0.5) is 0 Å². The lowest BCUT2D eigenvalue weighted by atomic mass is 10.1. The highest BCUT2D eigenvalue weighted by Crippen LogP contribution is 2.30. The second kappa shape index (κ2) is 2.76. The van der Waals surface area contributed by atoms with Crippen LogP contribution in [0.5, 0.6) is 0 Å². The molecule has 1 aliphatic rings. The van der Waals surface area contributed by atoms with E-state index in [9.17, 15) is 14.7 Å². The first-order valence-electron chi connectivity index (χ1n) is 3.65. The molecule has 0 fully saturated rings. The summed E-state index contributed by atoms with van der Waals surface area (Å²) in [6, 6.07) is 0. The molecule has 0 spiro atoms. The third-order valence-electron chi connectivity index (χ3n) is 1.75. The standard InChI is InChI=1S/C8H10O5/c1-8(2)5(9)4(6(10)12-3)7(11)13-8/h9H,1-3H3. The van der Waals surface area contributed by atoms with Crippen molar-refractivity contribution in [3.05, 3.63) is 11.3 Å². The van der Waals surface area contributed by atoms with E-state index in [1.54, 1.807) is 0 Å². The van der Waals surface area contributed by atoms with Gasteiger partial charge < -0.3 is 14.6 Å². The summed E-state index contributed by atoms with van der Waals surface area (Å²) in [6.07, 6.45) is 0. The molecule has 5 heteroatoms. The number of cyclic esters (lactones) is 1. The van der Waals surface area contributed by atoms with Crippen molar-refractivity contribution in [2.45, 2.75) is 19.4 Å². The molecule has 1 aliphatic heterocycles. The number of methoxy groups -OCH3 is 1. The van der Waals surface area contributed by atoms with Crippen molar-refractivity contribution in [2.75, 3.05) is 7.11 Å². The van der Waals surface area contributed by atoms with Gasteiger partial charge in [0.15, 0.2) is 16.9 Å². The van der Waals surface area contributed by atoms with E-state index in [2.05, 4.69) is 4.74 Å². The fourth-order valence-corrected chi connectivity index (χ4v) is 1.01. The van der Waals surface area contributed by atoms with Crippen LogP contribution in [0.15, 0.2) is 11.3 Å². The zero-order valence-corrected chi connectivity index (χ0v) is 7.58. The molecular weight excluding hydrogens is 176 g/mol. The number of carbonyl (C=O) groups excluding carboxylic acids is 2. The summed E-state index contributed by atoms with van der Waals surface area (Å²) < 4.78 is 9.04. The maximum absolute atomic E-state index is 11.1. The largest absolute Gasteiger partial charge is 0.507 e. The van der Waals surface area contributed by atoms with Crippen LogP contribution in [0, 0.1) is 0 Å². The molecule has 72 valence electrons. The van der Waals surface area contributed by atoms with E-state index >= 15 is 0 Å². The SMILES string of the molecule is COC(=O)C1=C(O)C(C)(C)OC1=O. The van der Waals surface area contributed by atoms with Crippen LogP contribution >= 0.6 is 0 Å². The van der Waals surface area contributed by atoms with Gasteiger partial charge in [-0.15, -0.1) is 0 Å². The normalized spacial score (nSPS) is 20.1. The molecule has 1 heterocycles. The second-order valence-corrected chi connectivity index (χ2v) is 3.12. The number of rotatable bonds is 1. The van der Waals surface area contributed by atoms with Crippen LogP contribution in [0.25, 0.3) is 0 Å². The van der Waals surface area contributed by atoms with Gasteiger partial charge in [-0.3, -0.25) is 0 Å². The summed E-state index contributed by atoms with van der Waals surface area (Å²) in [5, 5.41) is 9.42. The van der Waals surface area contributed by atoms with Gasteiger partial charge >= 0.3 is 11.9 Å². The van der Waals surface area contributed by atoms with Crippen molar-refractivity contribution in [3.63, 3.8) is 0 Å². The van der Waals surface area contributed by atoms with Gasteiger partial charge in [0, 0.05) is 0 Å². The average molecular weight is 186 g/mol. The Balaban J connectivity index is 3.13. The Morgan fingerprint density at radius 3 is 2.38 bits per heavy atom. The molecule has 0 aromatic rings. The number of hydrogen-bond acceptors (Lipinski definition) is 5. The fraction of sp³-hybridized carbons (Fsp3) is 0.500. The lowest BCUT2D eigenvalue weighted by Gasteiger charge is -2.15. The van der Waals surface area contributed by atoms with Crippen LogP contribution in [0.3, 0.4) is 0 Å². The molecule has 0 saturated carbocycles. The van der Waals surface area contributed by atoms with E-state index in [1.807, 2.05) is 0 Å². The van der Waals surface area contributed by atoms with Gasteiger partial charge in [0.1, 0.15) is 0 Å². The summed E-state index contributed by atoms with van der Waals surface area (Å²) in [7, 11) is 1.13. The molecule has 1 rings (SSSR count). The number of aliphatic hydroxyl groups excluding tert-OH is 1.